The van der Waals surface area contributed by atoms with Crippen LogP contribution in [0.2, 0.25) is 0 Å². The largest absolute Gasteiger partial charge is 0.325 e. The molecule has 0 spiro atoms. The Kier molecular flexibility index (Phi) is 4.05. The van der Waals surface area contributed by atoms with Gasteiger partial charge in [-0.2, -0.15) is 0 Å². The molecule has 2 rings (SSSR count). The van der Waals surface area contributed by atoms with Gasteiger partial charge < -0.3 is 10.6 Å². The number of rotatable bonds is 3. The minimum absolute atomic E-state index is 0.141. The topological polar surface area (TPSA) is 84.0 Å². The van der Waals surface area contributed by atoms with Crippen molar-refractivity contribution in [1.29, 1.82) is 0 Å². The van der Waals surface area contributed by atoms with E-state index < -0.39 is 0 Å². The molecule has 0 aliphatic carbocycles. The first-order valence-corrected chi connectivity index (χ1v) is 6.02. The van der Waals surface area contributed by atoms with Gasteiger partial charge in [0.15, 0.2) is 0 Å². The zero-order valence-electron chi connectivity index (χ0n) is 11.2. The maximum Gasteiger partial charge on any atom is 0.221 e. The van der Waals surface area contributed by atoms with Crippen LogP contribution in [0.15, 0.2) is 36.7 Å². The standard InChI is InChI=1S/C14H14N4O2/c1-9(19)17-11-3-5-13(15-7-11)14-6-4-12(8-16-14)18-10(2)20/h3-8H,1-2H3,(H,17,19)(H,18,20). The van der Waals surface area contributed by atoms with Crippen molar-refractivity contribution in [2.45, 2.75) is 13.8 Å². The van der Waals surface area contributed by atoms with E-state index in [2.05, 4.69) is 20.6 Å². The van der Waals surface area contributed by atoms with Gasteiger partial charge in [0.05, 0.1) is 35.2 Å². The molecule has 6 heteroatoms. The van der Waals surface area contributed by atoms with E-state index in [1.54, 1.807) is 36.7 Å². The Bertz CT molecular complexity index is 563. The molecule has 0 bridgehead atoms. The highest BCUT2D eigenvalue weighted by Crippen LogP contribution is 2.18. The number of nitrogens with zero attached hydrogens (tertiary/aromatic N) is 2. The van der Waals surface area contributed by atoms with Crippen molar-refractivity contribution < 1.29 is 9.59 Å². The van der Waals surface area contributed by atoms with Crippen LogP contribution in [0.5, 0.6) is 0 Å². The minimum Gasteiger partial charge on any atom is -0.325 e. The number of anilines is 2. The number of hydrogen-bond acceptors (Lipinski definition) is 4. The van der Waals surface area contributed by atoms with Crippen molar-refractivity contribution in [3.63, 3.8) is 0 Å². The maximum absolute atomic E-state index is 10.9. The van der Waals surface area contributed by atoms with Crippen LogP contribution in [0.1, 0.15) is 13.8 Å². The lowest BCUT2D eigenvalue weighted by Crippen LogP contribution is -2.06. The number of carbonyl (C=O) groups is 2. The zero-order chi connectivity index (χ0) is 14.5. The number of amides is 2. The van der Waals surface area contributed by atoms with Gasteiger partial charge in [0.2, 0.25) is 11.8 Å². The second kappa shape index (κ2) is 5.92. The SMILES string of the molecule is CC(=O)Nc1ccc(-c2ccc(NC(C)=O)cn2)nc1. The Morgan fingerprint density at radius 2 is 1.20 bits per heavy atom. The monoisotopic (exact) mass is 270 g/mol. The molecule has 0 radical (unpaired) electrons. The number of pyridine rings is 2. The summed E-state index contributed by atoms with van der Waals surface area (Å²) in [5.41, 5.74) is 2.65. The molecule has 0 aliphatic rings. The van der Waals surface area contributed by atoms with Crippen molar-refractivity contribution in [1.82, 2.24) is 9.97 Å². The van der Waals surface area contributed by atoms with Crippen LogP contribution in [-0.4, -0.2) is 21.8 Å². The Labute approximate surface area is 116 Å². The molecule has 2 aromatic rings. The number of aromatic nitrogens is 2. The summed E-state index contributed by atoms with van der Waals surface area (Å²) in [6.07, 6.45) is 3.14. The highest BCUT2D eigenvalue weighted by atomic mass is 16.2. The van der Waals surface area contributed by atoms with Gasteiger partial charge in [-0.25, -0.2) is 0 Å². The average Bonchev–Trinajstić information content (AvgIpc) is 2.39. The maximum atomic E-state index is 10.9. The summed E-state index contributed by atoms with van der Waals surface area (Å²) in [4.78, 5) is 30.3. The fraction of sp³-hybridized carbons (Fsp3) is 0.143. The van der Waals surface area contributed by atoms with Gasteiger partial charge in [0.25, 0.3) is 0 Å². The summed E-state index contributed by atoms with van der Waals surface area (Å²) in [5, 5.41) is 5.29. The molecule has 0 unspecified atom stereocenters. The molecule has 102 valence electrons. The smallest absolute Gasteiger partial charge is 0.221 e. The highest BCUT2D eigenvalue weighted by molar-refractivity contribution is 5.89. The van der Waals surface area contributed by atoms with E-state index in [1.807, 2.05) is 0 Å². The number of carbonyl (C=O) groups excluding carboxylic acids is 2. The van der Waals surface area contributed by atoms with Gasteiger partial charge in [-0.1, -0.05) is 0 Å². The third-order valence-electron chi connectivity index (χ3n) is 2.43. The molecule has 0 fully saturated rings. The summed E-state index contributed by atoms with van der Waals surface area (Å²) >= 11 is 0. The predicted molar refractivity (Wildman–Crippen MR) is 76.1 cm³/mol. The first-order chi connectivity index (χ1) is 9.54. The van der Waals surface area contributed by atoms with Crippen molar-refractivity contribution in [2.24, 2.45) is 0 Å². The summed E-state index contributed by atoms with van der Waals surface area (Å²) in [6, 6.07) is 7.05. The Balaban J connectivity index is 2.15. The van der Waals surface area contributed by atoms with E-state index in [0.29, 0.717) is 22.8 Å². The van der Waals surface area contributed by atoms with Gasteiger partial charge in [-0.05, 0) is 24.3 Å². The molecular weight excluding hydrogens is 256 g/mol. The van der Waals surface area contributed by atoms with Crippen LogP contribution in [0, 0.1) is 0 Å². The van der Waals surface area contributed by atoms with Gasteiger partial charge in [-0.15, -0.1) is 0 Å². The number of nitrogens with one attached hydrogen (secondary N) is 2. The molecular formula is C14H14N4O2. The quantitative estimate of drug-likeness (QED) is 0.894. The second-order valence-electron chi connectivity index (χ2n) is 4.23. The Morgan fingerprint density at radius 1 is 0.800 bits per heavy atom. The van der Waals surface area contributed by atoms with Crippen LogP contribution >= 0.6 is 0 Å². The van der Waals surface area contributed by atoms with E-state index >= 15 is 0 Å². The van der Waals surface area contributed by atoms with Crippen molar-refractivity contribution in [3.05, 3.63) is 36.7 Å². The van der Waals surface area contributed by atoms with E-state index in [1.165, 1.54) is 13.8 Å². The van der Waals surface area contributed by atoms with Gasteiger partial charge in [0, 0.05) is 13.8 Å². The van der Waals surface area contributed by atoms with Crippen molar-refractivity contribution in [2.75, 3.05) is 10.6 Å². The molecule has 0 aromatic carbocycles. The first kappa shape index (κ1) is 13.7. The van der Waals surface area contributed by atoms with Gasteiger partial charge >= 0.3 is 0 Å². The third-order valence-corrected chi connectivity index (χ3v) is 2.43. The summed E-state index contributed by atoms with van der Waals surface area (Å²) in [7, 11) is 0. The van der Waals surface area contributed by atoms with Crippen LogP contribution in [0.4, 0.5) is 11.4 Å². The van der Waals surface area contributed by atoms with Crippen LogP contribution < -0.4 is 10.6 Å². The van der Waals surface area contributed by atoms with Crippen molar-refractivity contribution >= 4 is 23.2 Å². The molecule has 20 heavy (non-hydrogen) atoms. The fourth-order valence-corrected chi connectivity index (χ4v) is 1.65. The molecule has 2 N–H and O–H groups in total. The van der Waals surface area contributed by atoms with Crippen LogP contribution in [0.3, 0.4) is 0 Å². The van der Waals surface area contributed by atoms with Gasteiger partial charge in [0.1, 0.15) is 0 Å². The molecule has 2 amide bonds. The average molecular weight is 270 g/mol. The lowest BCUT2D eigenvalue weighted by atomic mass is 10.2. The normalized spacial score (nSPS) is 9.90. The lowest BCUT2D eigenvalue weighted by molar-refractivity contribution is -0.115. The predicted octanol–water partition coefficient (Wildman–Crippen LogP) is 2.06. The minimum atomic E-state index is -0.141. The fourth-order valence-electron chi connectivity index (χ4n) is 1.65. The van der Waals surface area contributed by atoms with Crippen molar-refractivity contribution in [3.8, 4) is 11.4 Å². The summed E-state index contributed by atoms with van der Waals surface area (Å²) in [5.74, 6) is -0.283. The highest BCUT2D eigenvalue weighted by Gasteiger charge is 2.03. The molecule has 6 nitrogen and oxygen atoms in total. The lowest BCUT2D eigenvalue weighted by Gasteiger charge is -2.05. The summed E-state index contributed by atoms with van der Waals surface area (Å²) in [6.45, 7) is 2.88. The van der Waals surface area contributed by atoms with Crippen LogP contribution in [0.25, 0.3) is 11.4 Å². The van der Waals surface area contributed by atoms with E-state index in [-0.39, 0.29) is 11.8 Å². The first-order valence-electron chi connectivity index (χ1n) is 6.02. The molecule has 2 aromatic heterocycles. The second-order valence-corrected chi connectivity index (χ2v) is 4.23. The van der Waals surface area contributed by atoms with E-state index in [0.717, 1.165) is 0 Å². The molecule has 0 aliphatic heterocycles. The zero-order valence-corrected chi connectivity index (χ0v) is 11.2. The van der Waals surface area contributed by atoms with E-state index in [4.69, 9.17) is 0 Å². The van der Waals surface area contributed by atoms with Crippen LogP contribution in [-0.2, 0) is 9.59 Å². The molecule has 2 heterocycles. The molecule has 0 saturated heterocycles. The van der Waals surface area contributed by atoms with Gasteiger partial charge in [-0.3, -0.25) is 19.6 Å². The third kappa shape index (κ3) is 3.61. The Hall–Kier alpha value is -2.76. The summed E-state index contributed by atoms with van der Waals surface area (Å²) < 4.78 is 0. The number of hydrogen-bond donors (Lipinski definition) is 2. The molecule has 0 saturated carbocycles. The van der Waals surface area contributed by atoms with E-state index in [9.17, 15) is 9.59 Å². The Morgan fingerprint density at radius 3 is 1.45 bits per heavy atom. The molecule has 0 atom stereocenters.